The fraction of sp³-hybridized carbons (Fsp3) is 0.320. The highest BCUT2D eigenvalue weighted by atomic mass is 14.9. The van der Waals surface area contributed by atoms with Crippen LogP contribution in [0.4, 0.5) is 0 Å². The summed E-state index contributed by atoms with van der Waals surface area (Å²) in [5.41, 5.74) is 19.9. The molecule has 3 heteroatoms. The van der Waals surface area contributed by atoms with E-state index in [0.29, 0.717) is 17.4 Å². The van der Waals surface area contributed by atoms with E-state index >= 15 is 0 Å². The zero-order valence-electron chi connectivity index (χ0n) is 58.0. The second-order valence-corrected chi connectivity index (χ2v) is 22.5. The standard InChI is InChI=1S/2C25H26N.C25H28N/c2*1-17-6-3-4-9-23(17)24-13-12-22(16-26(24)2)18-7-5-8-19(14-18)25-20-10-11-21(25)15-20;1-19-8-6-7-11-24(19)25-17-16-23(18-26(25)2)22-14-12-21(13-15-22)20-9-4-3-5-10-20/h2*3-9,12-14,16,20-21,25H,10-11,15H2,1-2H3;6-8,11-18,20H,3-5,9-10H2,1-2H3/q3*+1/i25D;;3D2,4D2,5D2,9D2,10D2,20D. The van der Waals surface area contributed by atoms with Crippen molar-refractivity contribution in [3.8, 4) is 67.2 Å². The first-order valence-corrected chi connectivity index (χ1v) is 28.1. The van der Waals surface area contributed by atoms with Crippen molar-refractivity contribution in [2.45, 2.75) is 109 Å². The van der Waals surface area contributed by atoms with Gasteiger partial charge in [-0.3, -0.25) is 0 Å². The smallest absolute Gasteiger partial charge is 0.200 e. The van der Waals surface area contributed by atoms with Gasteiger partial charge >= 0.3 is 0 Å². The van der Waals surface area contributed by atoms with Gasteiger partial charge in [0.15, 0.2) is 18.6 Å². The Balaban J connectivity index is 0.000000133. The van der Waals surface area contributed by atoms with Crippen molar-refractivity contribution in [3.63, 3.8) is 0 Å². The van der Waals surface area contributed by atoms with E-state index < -0.39 is 37.8 Å². The first-order valence-electron chi connectivity index (χ1n) is 34.1. The first kappa shape index (κ1) is 39.2. The molecule has 3 heterocycles. The third-order valence-electron chi connectivity index (χ3n) is 17.6. The highest BCUT2D eigenvalue weighted by Gasteiger charge is 2.48. The molecule has 3 nitrogen and oxygen atoms in total. The van der Waals surface area contributed by atoms with E-state index in [-0.39, 0.29) is 11.5 Å². The Hall–Kier alpha value is -7.23. The van der Waals surface area contributed by atoms with Crippen LogP contribution < -0.4 is 13.7 Å². The third kappa shape index (κ3) is 10.6. The number of rotatable bonds is 9. The summed E-state index contributed by atoms with van der Waals surface area (Å²) >= 11 is 0. The lowest BCUT2D eigenvalue weighted by Gasteiger charge is -2.36. The van der Waals surface area contributed by atoms with Crippen LogP contribution in [0.25, 0.3) is 67.2 Å². The van der Waals surface area contributed by atoms with Crippen molar-refractivity contribution in [1.82, 2.24) is 0 Å². The number of benzene rings is 6. The molecule has 3 aromatic heterocycles. The fourth-order valence-electron chi connectivity index (χ4n) is 13.4. The quantitative estimate of drug-likeness (QED) is 0.128. The van der Waals surface area contributed by atoms with Crippen LogP contribution in [0.2, 0.25) is 0 Å². The Labute approximate surface area is 483 Å². The number of aryl methyl sites for hydroxylation is 6. The highest BCUT2D eigenvalue weighted by Crippen LogP contribution is 2.60. The lowest BCUT2D eigenvalue weighted by Crippen LogP contribution is -2.30. The fourth-order valence-corrected chi connectivity index (χ4v) is 13.4. The van der Waals surface area contributed by atoms with Gasteiger partial charge in [-0.1, -0.05) is 147 Å². The van der Waals surface area contributed by atoms with E-state index in [9.17, 15) is 0 Å². The van der Waals surface area contributed by atoms with Crippen LogP contribution in [0.3, 0.4) is 0 Å². The largest absolute Gasteiger partial charge is 0.212 e. The molecular weight excluding hydrogens is 943 g/mol. The predicted octanol–water partition coefficient (Wildman–Crippen LogP) is 17.5. The summed E-state index contributed by atoms with van der Waals surface area (Å²) in [6, 6.07) is 61.7. The van der Waals surface area contributed by atoms with E-state index in [4.69, 9.17) is 16.4 Å². The Bertz CT molecular complexity index is 4140. The van der Waals surface area contributed by atoms with Crippen molar-refractivity contribution in [1.29, 1.82) is 0 Å². The minimum Gasteiger partial charge on any atom is -0.200 e. The molecule has 7 aliphatic rings. The average Bonchev–Trinajstić information content (AvgIpc) is 0.945. The highest BCUT2D eigenvalue weighted by molar-refractivity contribution is 5.69. The van der Waals surface area contributed by atoms with Gasteiger partial charge < -0.3 is 0 Å². The summed E-state index contributed by atoms with van der Waals surface area (Å²) in [7, 11) is 6.18. The van der Waals surface area contributed by atoms with Gasteiger partial charge in [0.2, 0.25) is 17.1 Å². The second kappa shape index (κ2) is 22.6. The van der Waals surface area contributed by atoms with Crippen molar-refractivity contribution >= 4 is 0 Å². The number of nitrogens with zero attached hydrogens (tertiary/aromatic N) is 3. The summed E-state index contributed by atoms with van der Waals surface area (Å²) in [4.78, 5) is 0. The molecule has 0 spiro atoms. The van der Waals surface area contributed by atoms with E-state index in [1.54, 1.807) is 17.7 Å². The van der Waals surface area contributed by atoms with Gasteiger partial charge in [0.05, 0.1) is 0 Å². The molecule has 9 aromatic rings. The maximum absolute atomic E-state index is 9.04. The van der Waals surface area contributed by atoms with Crippen LogP contribution in [-0.4, -0.2) is 0 Å². The number of hydrogen-bond acceptors (Lipinski definition) is 0. The summed E-state index contributed by atoms with van der Waals surface area (Å²) in [5, 5.41) is 0. The molecule has 78 heavy (non-hydrogen) atoms. The van der Waals surface area contributed by atoms with Gasteiger partial charge in [-0.2, -0.15) is 0 Å². The summed E-state index contributed by atoms with van der Waals surface area (Å²) < 4.78 is 107. The van der Waals surface area contributed by atoms with Crippen LogP contribution in [0.15, 0.2) is 201 Å². The third-order valence-corrected chi connectivity index (χ3v) is 17.6. The molecule has 0 aliphatic heterocycles. The molecule has 4 unspecified atom stereocenters. The van der Waals surface area contributed by atoms with E-state index in [0.717, 1.165) is 40.1 Å². The van der Waals surface area contributed by atoms with Gasteiger partial charge in [0, 0.05) is 68.0 Å². The van der Waals surface area contributed by atoms with Gasteiger partial charge in [0.1, 0.15) is 21.1 Å². The summed E-state index contributed by atoms with van der Waals surface area (Å²) in [6.07, 6.45) is -2.90. The second-order valence-electron chi connectivity index (χ2n) is 22.5. The minimum absolute atomic E-state index is 0.282. The van der Waals surface area contributed by atoms with E-state index in [1.807, 2.05) is 61.1 Å². The molecular formula is C75H80N3+3. The summed E-state index contributed by atoms with van der Waals surface area (Å²) in [6.45, 7) is 6.37. The normalized spacial score (nSPS) is 27.7. The van der Waals surface area contributed by atoms with Gasteiger partial charge in [-0.25, -0.2) is 13.7 Å². The van der Waals surface area contributed by atoms with Crippen molar-refractivity contribution in [3.05, 3.63) is 234 Å². The van der Waals surface area contributed by atoms with Crippen LogP contribution in [0, 0.1) is 44.4 Å². The Morgan fingerprint density at radius 1 is 0.372 bits per heavy atom. The van der Waals surface area contributed by atoms with E-state index in [1.165, 1.54) is 112 Å². The van der Waals surface area contributed by atoms with E-state index in [2.05, 4.69) is 171 Å². The van der Waals surface area contributed by atoms with Gasteiger partial charge in [0.25, 0.3) is 0 Å². The average molecular weight is 1040 g/mol. The molecule has 7 fully saturated rings. The van der Waals surface area contributed by atoms with Crippen LogP contribution in [0.1, 0.15) is 138 Å². The molecule has 0 radical (unpaired) electrons. The number of pyridine rings is 3. The van der Waals surface area contributed by atoms with Gasteiger partial charge in [-0.05, 0) is 200 Å². The Morgan fingerprint density at radius 3 is 1.21 bits per heavy atom. The number of aromatic nitrogens is 3. The molecule has 4 atom stereocenters. The molecule has 7 saturated carbocycles. The summed E-state index contributed by atoms with van der Waals surface area (Å²) in [5.74, 6) is 0.449. The zero-order chi connectivity index (χ0) is 64.1. The SMILES string of the molecule is Cc1ccccc1-c1ccc(-c2cccc(C3C4CCC3C4)c2)c[n+]1C.[2H]C1([2H])C([2H])([2H])C([2H])([2H])C([2H])(c2ccc(-c3ccc(-c4ccccc4C)[n+](C)c3)cc2)C([2H])([2H])C1([2H])[2H].[2H]C1(c2cccc(-c3ccc(-c4ccccc4C)[n+](C)c3)c2)C2CCC1C2. The topological polar surface area (TPSA) is 11.6 Å². The maximum atomic E-state index is 9.04. The molecule has 392 valence electrons. The van der Waals surface area contributed by atoms with Crippen LogP contribution in [0.5, 0.6) is 0 Å². The monoisotopic (exact) mass is 1030 g/mol. The lowest BCUT2D eigenvalue weighted by atomic mass is 9.68. The molecule has 6 aromatic carbocycles. The number of fused-ring (bicyclic) bond motifs is 2. The zero-order valence-corrected chi connectivity index (χ0v) is 46.0. The first-order chi connectivity index (χ1) is 42.6. The molecule has 16 rings (SSSR count). The molecule has 0 N–H and O–H groups in total. The lowest BCUT2D eigenvalue weighted by molar-refractivity contribution is -0.660. The van der Waals surface area contributed by atoms with Crippen LogP contribution in [-0.2, 0) is 21.1 Å². The molecule has 4 bridgehead atoms. The van der Waals surface area contributed by atoms with Crippen molar-refractivity contribution in [2.75, 3.05) is 0 Å². The Kier molecular flexibility index (Phi) is 11.4. The van der Waals surface area contributed by atoms with Crippen molar-refractivity contribution < 1.29 is 30.2 Å². The molecule has 0 amide bonds. The molecule has 0 saturated heterocycles. The van der Waals surface area contributed by atoms with Crippen molar-refractivity contribution in [2.24, 2.45) is 44.8 Å². The maximum Gasteiger partial charge on any atom is 0.212 e. The number of hydrogen-bond donors (Lipinski definition) is 0. The van der Waals surface area contributed by atoms with Crippen LogP contribution >= 0.6 is 0 Å². The minimum atomic E-state index is -3.54. The predicted molar refractivity (Wildman–Crippen MR) is 323 cm³/mol. The molecule has 7 aliphatic carbocycles. The Morgan fingerprint density at radius 2 is 0.769 bits per heavy atom. The van der Waals surface area contributed by atoms with Gasteiger partial charge in [-0.15, -0.1) is 0 Å².